The largest absolute Gasteiger partial charge is 0.355 e. The molecule has 1 amide bonds. The molecule has 0 aliphatic heterocycles. The number of nitrogens with one attached hydrogen (secondary N) is 1. The molecule has 140 valence electrons. The van der Waals surface area contributed by atoms with E-state index in [0.29, 0.717) is 29.4 Å². The van der Waals surface area contributed by atoms with Crippen LogP contribution in [-0.4, -0.2) is 28.4 Å². The average molecular weight is 374 g/mol. The molecule has 2 aromatic heterocycles. The number of aromatic nitrogens is 2. The number of fused-ring (bicyclic) bond motifs is 3. The summed E-state index contributed by atoms with van der Waals surface area (Å²) >= 11 is 0. The summed E-state index contributed by atoms with van der Waals surface area (Å²) in [6.45, 7) is 0. The SMILES string of the molecule is CNC(=O)c1cccn2c3c(nc12)C[C@H](c1cc(F)c(F)cc1F)[C@@H](N)C3. The van der Waals surface area contributed by atoms with Crippen molar-refractivity contribution in [2.24, 2.45) is 5.73 Å². The molecule has 0 unspecified atom stereocenters. The Hall–Kier alpha value is -2.87. The van der Waals surface area contributed by atoms with Crippen LogP contribution in [-0.2, 0) is 12.8 Å². The van der Waals surface area contributed by atoms with Gasteiger partial charge < -0.3 is 15.5 Å². The third kappa shape index (κ3) is 2.76. The smallest absolute Gasteiger partial charge is 0.254 e. The van der Waals surface area contributed by atoms with Crippen molar-refractivity contribution in [3.63, 3.8) is 0 Å². The normalized spacial score (nSPS) is 19.1. The van der Waals surface area contributed by atoms with Crippen LogP contribution in [0.2, 0.25) is 0 Å². The molecule has 5 nitrogen and oxygen atoms in total. The van der Waals surface area contributed by atoms with Gasteiger partial charge in [-0.05, 0) is 30.2 Å². The molecule has 1 aromatic carbocycles. The van der Waals surface area contributed by atoms with Crippen LogP contribution < -0.4 is 11.1 Å². The van der Waals surface area contributed by atoms with E-state index < -0.39 is 29.4 Å². The van der Waals surface area contributed by atoms with Crippen molar-refractivity contribution in [2.45, 2.75) is 24.8 Å². The van der Waals surface area contributed by atoms with Crippen molar-refractivity contribution in [3.8, 4) is 0 Å². The Balaban J connectivity index is 1.81. The number of hydrogen-bond acceptors (Lipinski definition) is 3. The summed E-state index contributed by atoms with van der Waals surface area (Å²) in [5, 5.41) is 2.57. The molecule has 8 heteroatoms. The Kier molecular flexibility index (Phi) is 4.15. The number of nitrogens with zero attached hydrogens (tertiary/aromatic N) is 2. The molecule has 0 spiro atoms. The number of hydrogen-bond donors (Lipinski definition) is 2. The first-order chi connectivity index (χ1) is 12.9. The van der Waals surface area contributed by atoms with Gasteiger partial charge in [-0.1, -0.05) is 0 Å². The Morgan fingerprint density at radius 3 is 2.70 bits per heavy atom. The Bertz CT molecular complexity index is 1060. The van der Waals surface area contributed by atoms with E-state index >= 15 is 0 Å². The lowest BCUT2D eigenvalue weighted by Gasteiger charge is -2.29. The molecular weight excluding hydrogens is 357 g/mol. The lowest BCUT2D eigenvalue weighted by molar-refractivity contribution is 0.0964. The number of nitrogens with two attached hydrogens (primary N) is 1. The van der Waals surface area contributed by atoms with E-state index in [1.54, 1.807) is 22.7 Å². The predicted molar refractivity (Wildman–Crippen MR) is 93.0 cm³/mol. The molecule has 4 rings (SSSR count). The second-order valence-corrected chi connectivity index (χ2v) is 6.67. The van der Waals surface area contributed by atoms with Crippen molar-refractivity contribution < 1.29 is 18.0 Å². The van der Waals surface area contributed by atoms with E-state index in [2.05, 4.69) is 10.3 Å². The van der Waals surface area contributed by atoms with Crippen LogP contribution in [0, 0.1) is 17.5 Å². The van der Waals surface area contributed by atoms with Crippen molar-refractivity contribution >= 4 is 11.6 Å². The highest BCUT2D eigenvalue weighted by Gasteiger charge is 2.33. The van der Waals surface area contributed by atoms with Gasteiger partial charge in [0.05, 0.1) is 11.3 Å². The summed E-state index contributed by atoms with van der Waals surface area (Å²) < 4.78 is 42.9. The lowest BCUT2D eigenvalue weighted by atomic mass is 9.80. The van der Waals surface area contributed by atoms with E-state index in [9.17, 15) is 18.0 Å². The third-order valence-corrected chi connectivity index (χ3v) is 5.10. The minimum absolute atomic E-state index is 0.0376. The van der Waals surface area contributed by atoms with Crippen molar-refractivity contribution in [1.29, 1.82) is 0 Å². The minimum atomic E-state index is -1.23. The van der Waals surface area contributed by atoms with Gasteiger partial charge in [0, 0.05) is 43.4 Å². The summed E-state index contributed by atoms with van der Waals surface area (Å²) in [5.74, 6) is -3.98. The summed E-state index contributed by atoms with van der Waals surface area (Å²) in [7, 11) is 1.53. The molecule has 2 atom stereocenters. The molecule has 3 N–H and O–H groups in total. The highest BCUT2D eigenvalue weighted by atomic mass is 19.2. The standard InChI is InChI=1S/C19H17F3N4O/c1-24-19(27)9-3-2-4-26-17-8-15(23)11(6-16(17)25-18(9)26)10-5-13(21)14(22)7-12(10)20/h2-5,7,11,15H,6,8,23H2,1H3,(H,24,27)/t11-,15+/m1/s1. The quantitative estimate of drug-likeness (QED) is 0.677. The zero-order valence-corrected chi connectivity index (χ0v) is 14.5. The number of halogens is 3. The number of pyridine rings is 1. The van der Waals surface area contributed by atoms with E-state index in [0.717, 1.165) is 11.8 Å². The molecule has 0 bridgehead atoms. The van der Waals surface area contributed by atoms with E-state index in [4.69, 9.17) is 5.73 Å². The molecule has 27 heavy (non-hydrogen) atoms. The second-order valence-electron chi connectivity index (χ2n) is 6.67. The van der Waals surface area contributed by atoms with Gasteiger partial charge in [0.2, 0.25) is 0 Å². The number of carbonyl (C=O) groups excluding carboxylic acids is 1. The molecule has 0 saturated carbocycles. The lowest BCUT2D eigenvalue weighted by Crippen LogP contribution is -2.37. The number of rotatable bonds is 2. The van der Waals surface area contributed by atoms with Crippen LogP contribution in [0.5, 0.6) is 0 Å². The first kappa shape index (κ1) is 17.5. The zero-order valence-electron chi connectivity index (χ0n) is 14.5. The first-order valence-corrected chi connectivity index (χ1v) is 8.51. The maximum Gasteiger partial charge on any atom is 0.254 e. The number of amides is 1. The van der Waals surface area contributed by atoms with Crippen LogP contribution in [0.25, 0.3) is 5.65 Å². The summed E-state index contributed by atoms with van der Waals surface area (Å²) in [6, 6.07) is 4.32. The third-order valence-electron chi connectivity index (χ3n) is 5.10. The minimum Gasteiger partial charge on any atom is -0.355 e. The van der Waals surface area contributed by atoms with Gasteiger partial charge in [0.25, 0.3) is 5.91 Å². The van der Waals surface area contributed by atoms with Crippen LogP contribution in [0.4, 0.5) is 13.2 Å². The van der Waals surface area contributed by atoms with Crippen LogP contribution in [0.1, 0.15) is 33.2 Å². The van der Waals surface area contributed by atoms with E-state index in [1.165, 1.54) is 7.05 Å². The Morgan fingerprint density at radius 1 is 1.22 bits per heavy atom. The van der Waals surface area contributed by atoms with Gasteiger partial charge in [-0.3, -0.25) is 4.79 Å². The maximum atomic E-state index is 14.2. The van der Waals surface area contributed by atoms with Crippen molar-refractivity contribution in [3.05, 3.63) is 70.4 Å². The number of imidazole rings is 1. The fourth-order valence-electron chi connectivity index (χ4n) is 3.74. The summed E-state index contributed by atoms with van der Waals surface area (Å²) in [4.78, 5) is 16.6. The summed E-state index contributed by atoms with van der Waals surface area (Å²) in [6.07, 6.45) is 2.43. The van der Waals surface area contributed by atoms with Gasteiger partial charge in [-0.25, -0.2) is 18.2 Å². The number of benzene rings is 1. The summed E-state index contributed by atoms with van der Waals surface area (Å²) in [5.41, 5.74) is 8.70. The Labute approximate surface area is 153 Å². The highest BCUT2D eigenvalue weighted by Crippen LogP contribution is 2.34. The van der Waals surface area contributed by atoms with Crippen molar-refractivity contribution in [2.75, 3.05) is 7.05 Å². The highest BCUT2D eigenvalue weighted by molar-refractivity contribution is 5.99. The predicted octanol–water partition coefficient (Wildman–Crippen LogP) is 2.32. The first-order valence-electron chi connectivity index (χ1n) is 8.51. The van der Waals surface area contributed by atoms with Crippen LogP contribution in [0.15, 0.2) is 30.5 Å². The average Bonchev–Trinajstić information content (AvgIpc) is 3.01. The topological polar surface area (TPSA) is 72.4 Å². The van der Waals surface area contributed by atoms with Gasteiger partial charge in [-0.2, -0.15) is 0 Å². The van der Waals surface area contributed by atoms with Gasteiger partial charge >= 0.3 is 0 Å². The molecule has 0 fully saturated rings. The molecule has 2 heterocycles. The molecule has 0 saturated heterocycles. The fourth-order valence-corrected chi connectivity index (χ4v) is 3.74. The molecule has 1 aliphatic rings. The van der Waals surface area contributed by atoms with Gasteiger partial charge in [-0.15, -0.1) is 0 Å². The number of carbonyl (C=O) groups is 1. The van der Waals surface area contributed by atoms with E-state index in [1.807, 2.05) is 0 Å². The fraction of sp³-hybridized carbons (Fsp3) is 0.263. The van der Waals surface area contributed by atoms with Crippen molar-refractivity contribution in [1.82, 2.24) is 14.7 Å². The van der Waals surface area contributed by atoms with Crippen LogP contribution in [0.3, 0.4) is 0 Å². The van der Waals surface area contributed by atoms with Crippen LogP contribution >= 0.6 is 0 Å². The zero-order chi connectivity index (χ0) is 19.3. The molecular formula is C19H17F3N4O. The van der Waals surface area contributed by atoms with Gasteiger partial charge in [0.1, 0.15) is 11.5 Å². The monoisotopic (exact) mass is 374 g/mol. The molecule has 0 radical (unpaired) electrons. The molecule has 3 aromatic rings. The van der Waals surface area contributed by atoms with Gasteiger partial charge in [0.15, 0.2) is 11.6 Å². The molecule has 1 aliphatic carbocycles. The van der Waals surface area contributed by atoms with E-state index in [-0.39, 0.29) is 17.9 Å². The Morgan fingerprint density at radius 2 is 1.96 bits per heavy atom. The maximum absolute atomic E-state index is 14.2. The second kappa shape index (κ2) is 6.38.